The number of hydrogen-bond acceptors (Lipinski definition) is 2. The van der Waals surface area contributed by atoms with E-state index in [0.717, 1.165) is 11.1 Å². The van der Waals surface area contributed by atoms with E-state index in [1.54, 1.807) is 6.07 Å². The summed E-state index contributed by atoms with van der Waals surface area (Å²) in [5.74, 6) is -0.371. The Morgan fingerprint density at radius 1 is 1.04 bits per heavy atom. The van der Waals surface area contributed by atoms with Crippen LogP contribution in [0.15, 0.2) is 61.7 Å². The van der Waals surface area contributed by atoms with E-state index in [-0.39, 0.29) is 23.3 Å². The number of halogens is 1. The minimum Gasteiger partial charge on any atom is -0.322 e. The van der Waals surface area contributed by atoms with Crippen molar-refractivity contribution in [3.05, 3.63) is 78.4 Å². The molecule has 2 aromatic rings. The van der Waals surface area contributed by atoms with Crippen LogP contribution in [-0.4, -0.2) is 11.8 Å². The maximum absolute atomic E-state index is 12.8. The van der Waals surface area contributed by atoms with Gasteiger partial charge in [0.05, 0.1) is 0 Å². The summed E-state index contributed by atoms with van der Waals surface area (Å²) in [6.45, 7) is 13.7. The molecule has 5 heteroatoms. The van der Waals surface area contributed by atoms with Crippen LogP contribution in [0.25, 0.3) is 5.57 Å². The Morgan fingerprint density at radius 3 is 2.36 bits per heavy atom. The standard InChI is InChI=1S/C23H25IN2O2/c1-6-22(27)26-21-11-10-17(14(2)3)13-20(21)15(4)23(28)25-19-9-7-8-18(12-19)16(5)24/h6-14,16H,1,4H2,2-3,5H3,(H,25,28)(H,26,27). The van der Waals surface area contributed by atoms with Crippen molar-refractivity contribution in [3.8, 4) is 0 Å². The van der Waals surface area contributed by atoms with E-state index < -0.39 is 0 Å². The number of rotatable bonds is 7. The molecular weight excluding hydrogens is 463 g/mol. The van der Waals surface area contributed by atoms with Gasteiger partial charge in [-0.15, -0.1) is 0 Å². The van der Waals surface area contributed by atoms with Crippen LogP contribution in [0.4, 0.5) is 11.4 Å². The van der Waals surface area contributed by atoms with Gasteiger partial charge in [-0.3, -0.25) is 9.59 Å². The van der Waals surface area contributed by atoms with Crippen molar-refractivity contribution in [2.75, 3.05) is 10.6 Å². The molecule has 1 unspecified atom stereocenters. The van der Waals surface area contributed by atoms with Gasteiger partial charge in [-0.1, -0.05) is 67.8 Å². The van der Waals surface area contributed by atoms with Gasteiger partial charge < -0.3 is 10.6 Å². The predicted octanol–water partition coefficient (Wildman–Crippen LogP) is 6.08. The van der Waals surface area contributed by atoms with Gasteiger partial charge in [0.25, 0.3) is 5.91 Å². The zero-order chi connectivity index (χ0) is 20.8. The summed E-state index contributed by atoms with van der Waals surface area (Å²) in [7, 11) is 0. The second kappa shape index (κ2) is 9.68. The van der Waals surface area contributed by atoms with Crippen molar-refractivity contribution in [1.29, 1.82) is 0 Å². The number of carbonyl (C=O) groups is 2. The van der Waals surface area contributed by atoms with E-state index in [1.807, 2.05) is 36.4 Å². The molecule has 0 saturated heterocycles. The lowest BCUT2D eigenvalue weighted by Crippen LogP contribution is -2.16. The molecule has 146 valence electrons. The largest absolute Gasteiger partial charge is 0.322 e. The lowest BCUT2D eigenvalue weighted by Gasteiger charge is -2.16. The molecule has 2 amide bonds. The predicted molar refractivity (Wildman–Crippen MR) is 126 cm³/mol. The van der Waals surface area contributed by atoms with Gasteiger partial charge in [-0.2, -0.15) is 0 Å². The highest BCUT2D eigenvalue weighted by atomic mass is 127. The van der Waals surface area contributed by atoms with Crippen LogP contribution >= 0.6 is 22.6 Å². The molecule has 0 fully saturated rings. The molecule has 0 heterocycles. The van der Waals surface area contributed by atoms with Crippen LogP contribution in [0, 0.1) is 0 Å². The zero-order valence-corrected chi connectivity index (χ0v) is 18.5. The summed E-state index contributed by atoms with van der Waals surface area (Å²) in [5, 5.41) is 5.66. The summed E-state index contributed by atoms with van der Waals surface area (Å²) in [4.78, 5) is 24.6. The molecule has 0 aromatic heterocycles. The number of amides is 2. The van der Waals surface area contributed by atoms with Crippen LogP contribution in [-0.2, 0) is 9.59 Å². The second-order valence-corrected chi connectivity index (χ2v) is 8.70. The quantitative estimate of drug-likeness (QED) is 0.282. The Bertz CT molecular complexity index is 917. The molecule has 0 aliphatic heterocycles. The molecular formula is C23H25IN2O2. The van der Waals surface area contributed by atoms with Crippen molar-refractivity contribution < 1.29 is 9.59 Å². The maximum atomic E-state index is 12.8. The van der Waals surface area contributed by atoms with Crippen LogP contribution in [0.5, 0.6) is 0 Å². The first kappa shape index (κ1) is 21.9. The van der Waals surface area contributed by atoms with Crippen molar-refractivity contribution in [2.45, 2.75) is 30.6 Å². The van der Waals surface area contributed by atoms with E-state index in [4.69, 9.17) is 0 Å². The first-order valence-corrected chi connectivity index (χ1v) is 10.3. The molecule has 2 aromatic carbocycles. The average Bonchev–Trinajstić information content (AvgIpc) is 2.67. The third-order valence-electron chi connectivity index (χ3n) is 4.36. The van der Waals surface area contributed by atoms with Crippen LogP contribution in [0.1, 0.15) is 47.3 Å². The Labute approximate surface area is 180 Å². The third kappa shape index (κ3) is 5.55. The van der Waals surface area contributed by atoms with Gasteiger partial charge in [-0.05, 0) is 54.3 Å². The van der Waals surface area contributed by atoms with Crippen molar-refractivity contribution in [3.63, 3.8) is 0 Å². The SMILES string of the molecule is C=CC(=O)Nc1ccc(C(C)C)cc1C(=C)C(=O)Nc1cccc(C(C)I)c1. The molecule has 0 aliphatic rings. The number of carbonyl (C=O) groups excluding carboxylic acids is 2. The molecule has 0 radical (unpaired) electrons. The first-order valence-electron chi connectivity index (χ1n) is 9.05. The third-order valence-corrected chi connectivity index (χ3v) is 5.08. The highest BCUT2D eigenvalue weighted by molar-refractivity contribution is 14.1. The van der Waals surface area contributed by atoms with Gasteiger partial charge in [0.2, 0.25) is 5.91 Å². The van der Waals surface area contributed by atoms with Gasteiger partial charge in [0.1, 0.15) is 0 Å². The molecule has 0 spiro atoms. The Morgan fingerprint density at radius 2 is 1.75 bits per heavy atom. The smallest absolute Gasteiger partial charge is 0.255 e. The molecule has 0 aliphatic carbocycles. The fourth-order valence-electron chi connectivity index (χ4n) is 2.66. The van der Waals surface area contributed by atoms with Gasteiger partial charge in [0, 0.05) is 26.4 Å². The summed E-state index contributed by atoms with van der Waals surface area (Å²) < 4.78 is 0.334. The molecule has 28 heavy (non-hydrogen) atoms. The first-order chi connectivity index (χ1) is 13.2. The normalized spacial score (nSPS) is 11.6. The highest BCUT2D eigenvalue weighted by Crippen LogP contribution is 2.29. The lowest BCUT2D eigenvalue weighted by atomic mass is 9.96. The second-order valence-electron chi connectivity index (χ2n) is 6.83. The van der Waals surface area contributed by atoms with Crippen molar-refractivity contribution in [1.82, 2.24) is 0 Å². The highest BCUT2D eigenvalue weighted by Gasteiger charge is 2.17. The summed E-state index contributed by atoms with van der Waals surface area (Å²) in [6, 6.07) is 13.4. The fourth-order valence-corrected chi connectivity index (χ4v) is 3.04. The lowest BCUT2D eigenvalue weighted by molar-refractivity contribution is -0.112. The van der Waals surface area contributed by atoms with Crippen molar-refractivity contribution in [2.24, 2.45) is 0 Å². The molecule has 0 bridgehead atoms. The van der Waals surface area contributed by atoms with Crippen LogP contribution < -0.4 is 10.6 Å². The molecule has 2 rings (SSSR count). The topological polar surface area (TPSA) is 58.2 Å². The van der Waals surface area contributed by atoms with Crippen LogP contribution in [0.3, 0.4) is 0 Å². The van der Waals surface area contributed by atoms with E-state index in [2.05, 4.69) is 67.2 Å². The van der Waals surface area contributed by atoms with Crippen LogP contribution in [0.2, 0.25) is 0 Å². The van der Waals surface area contributed by atoms with Crippen molar-refractivity contribution >= 4 is 51.4 Å². The van der Waals surface area contributed by atoms with Gasteiger partial charge >= 0.3 is 0 Å². The molecule has 1 atom stereocenters. The Balaban J connectivity index is 2.33. The average molecular weight is 488 g/mol. The van der Waals surface area contributed by atoms with E-state index in [0.29, 0.717) is 20.9 Å². The monoisotopic (exact) mass is 488 g/mol. The van der Waals surface area contributed by atoms with Gasteiger partial charge in [-0.25, -0.2) is 0 Å². The summed E-state index contributed by atoms with van der Waals surface area (Å²) in [5.41, 5.74) is 4.31. The summed E-state index contributed by atoms with van der Waals surface area (Å²) >= 11 is 2.33. The zero-order valence-electron chi connectivity index (χ0n) is 16.4. The minimum absolute atomic E-state index is 0.278. The number of alkyl halides is 1. The number of benzene rings is 2. The van der Waals surface area contributed by atoms with E-state index in [9.17, 15) is 9.59 Å². The molecule has 2 N–H and O–H groups in total. The number of anilines is 2. The maximum Gasteiger partial charge on any atom is 0.255 e. The molecule has 0 saturated carbocycles. The number of hydrogen-bond donors (Lipinski definition) is 2. The Kier molecular flexibility index (Phi) is 7.57. The summed E-state index contributed by atoms with van der Waals surface area (Å²) in [6.07, 6.45) is 1.19. The molecule has 4 nitrogen and oxygen atoms in total. The Hall–Kier alpha value is -2.41. The number of nitrogens with one attached hydrogen (secondary N) is 2. The fraction of sp³-hybridized carbons (Fsp3) is 0.217. The van der Waals surface area contributed by atoms with E-state index in [1.165, 1.54) is 6.08 Å². The minimum atomic E-state index is -0.338. The van der Waals surface area contributed by atoms with Gasteiger partial charge in [0.15, 0.2) is 0 Å². The van der Waals surface area contributed by atoms with E-state index >= 15 is 0 Å².